The third kappa shape index (κ3) is 5.34. The molecule has 0 amide bonds. The summed E-state index contributed by atoms with van der Waals surface area (Å²) in [5.41, 5.74) is 1.25. The summed E-state index contributed by atoms with van der Waals surface area (Å²) in [6.07, 6.45) is 0. The number of carbonyl (C=O) groups is 1. The molecule has 168 valence electrons. The number of esters is 1. The van der Waals surface area contributed by atoms with Crippen molar-refractivity contribution in [2.75, 3.05) is 18.9 Å². The van der Waals surface area contributed by atoms with Gasteiger partial charge in [-0.25, -0.2) is 13.2 Å². The van der Waals surface area contributed by atoms with E-state index in [1.165, 1.54) is 43.4 Å². The van der Waals surface area contributed by atoms with Crippen molar-refractivity contribution in [2.45, 2.75) is 18.4 Å². The second-order valence-electron chi connectivity index (χ2n) is 7.12. The molecule has 1 heterocycles. The van der Waals surface area contributed by atoms with Gasteiger partial charge < -0.3 is 19.6 Å². The number of hydrogen-bond donors (Lipinski definition) is 2. The fourth-order valence-corrected chi connectivity index (χ4v) is 4.06. The van der Waals surface area contributed by atoms with Gasteiger partial charge in [-0.15, -0.1) is 0 Å². The van der Waals surface area contributed by atoms with Gasteiger partial charge >= 0.3 is 11.6 Å². The van der Waals surface area contributed by atoms with Gasteiger partial charge in [0.25, 0.3) is 0 Å². The summed E-state index contributed by atoms with van der Waals surface area (Å²) in [6.45, 7) is 4.72. The second kappa shape index (κ2) is 9.25. The quantitative estimate of drug-likeness (QED) is 0.390. The lowest BCUT2D eigenvalue weighted by Gasteiger charge is -2.17. The van der Waals surface area contributed by atoms with Crippen molar-refractivity contribution in [1.82, 2.24) is 4.31 Å². The zero-order valence-corrected chi connectivity index (χ0v) is 18.3. The van der Waals surface area contributed by atoms with Crippen LogP contribution >= 0.6 is 0 Å². The molecule has 0 unspecified atom stereocenters. The predicted molar refractivity (Wildman–Crippen MR) is 119 cm³/mol. The van der Waals surface area contributed by atoms with Gasteiger partial charge in [-0.3, -0.25) is 4.79 Å². The molecule has 0 fully saturated rings. The molecule has 9 nitrogen and oxygen atoms in total. The number of anilines is 1. The van der Waals surface area contributed by atoms with Crippen molar-refractivity contribution in [3.8, 4) is 5.75 Å². The number of sulfonamides is 1. The highest BCUT2D eigenvalue weighted by molar-refractivity contribution is 7.89. The van der Waals surface area contributed by atoms with Crippen LogP contribution < -0.4 is 10.9 Å². The number of carbonyl (C=O) groups excluding carboxylic acids is 1. The second-order valence-corrected chi connectivity index (χ2v) is 9.17. The topological polar surface area (TPSA) is 126 Å². The largest absolute Gasteiger partial charge is 0.508 e. The first-order valence-corrected chi connectivity index (χ1v) is 10.9. The maximum absolute atomic E-state index is 12.7. The SMILES string of the molecule is C=C(C)Nc1ccc(S(=O)(=O)N(C)CC(=O)OCc2cc(=O)oc3cc(O)ccc23)cc1. The number of nitrogens with one attached hydrogen (secondary N) is 1. The van der Waals surface area contributed by atoms with Crippen LogP contribution in [0.25, 0.3) is 11.0 Å². The van der Waals surface area contributed by atoms with Gasteiger partial charge in [0, 0.05) is 41.5 Å². The highest BCUT2D eigenvalue weighted by atomic mass is 32.2. The van der Waals surface area contributed by atoms with Gasteiger partial charge in [0.15, 0.2) is 0 Å². The Morgan fingerprint density at radius 1 is 1.19 bits per heavy atom. The summed E-state index contributed by atoms with van der Waals surface area (Å²) in [5.74, 6) is -0.873. The van der Waals surface area contributed by atoms with E-state index in [1.54, 1.807) is 19.1 Å². The smallest absolute Gasteiger partial charge is 0.336 e. The number of rotatable bonds is 8. The number of nitrogens with zero attached hydrogens (tertiary/aromatic N) is 1. The molecule has 0 saturated heterocycles. The van der Waals surface area contributed by atoms with E-state index in [1.807, 2.05) is 0 Å². The molecule has 0 saturated carbocycles. The van der Waals surface area contributed by atoms with E-state index in [0.717, 1.165) is 4.31 Å². The predicted octanol–water partition coefficient (Wildman–Crippen LogP) is 2.81. The summed E-state index contributed by atoms with van der Waals surface area (Å²) in [4.78, 5) is 24.0. The first-order valence-electron chi connectivity index (χ1n) is 9.46. The molecular weight excluding hydrogens is 436 g/mol. The molecule has 1 aromatic heterocycles. The summed E-state index contributed by atoms with van der Waals surface area (Å²) in [6, 6.07) is 11.4. The Balaban J connectivity index is 1.68. The van der Waals surface area contributed by atoms with E-state index in [2.05, 4.69) is 11.9 Å². The molecular formula is C22H22N2O7S. The molecule has 2 N–H and O–H groups in total. The highest BCUT2D eigenvalue weighted by Gasteiger charge is 2.23. The number of ether oxygens (including phenoxy) is 1. The van der Waals surface area contributed by atoms with Gasteiger partial charge in [0.05, 0.1) is 4.90 Å². The van der Waals surface area contributed by atoms with Crippen LogP contribution in [0.4, 0.5) is 5.69 Å². The first-order chi connectivity index (χ1) is 15.1. The Morgan fingerprint density at radius 3 is 2.53 bits per heavy atom. The van der Waals surface area contributed by atoms with Crippen molar-refractivity contribution in [1.29, 1.82) is 0 Å². The fourth-order valence-electron chi connectivity index (χ4n) is 2.95. The zero-order chi connectivity index (χ0) is 23.5. The lowest BCUT2D eigenvalue weighted by atomic mass is 10.1. The molecule has 32 heavy (non-hydrogen) atoms. The van der Waals surface area contributed by atoms with Crippen LogP contribution in [0.2, 0.25) is 0 Å². The zero-order valence-electron chi connectivity index (χ0n) is 17.5. The summed E-state index contributed by atoms with van der Waals surface area (Å²) in [5, 5.41) is 13.0. The van der Waals surface area contributed by atoms with E-state index >= 15 is 0 Å². The Morgan fingerprint density at radius 2 is 1.88 bits per heavy atom. The monoisotopic (exact) mass is 458 g/mol. The molecule has 10 heteroatoms. The standard InChI is InChI=1S/C22H22N2O7S/c1-14(2)23-16-4-7-18(8-5-16)32(28,29)24(3)12-22(27)30-13-15-10-21(26)31-20-11-17(25)6-9-19(15)20/h4-11,23,25H,1,12-13H2,2-3H3. The molecule has 0 atom stereocenters. The van der Waals surface area contributed by atoms with Crippen LogP contribution in [0.15, 0.2) is 74.9 Å². The summed E-state index contributed by atoms with van der Waals surface area (Å²) in [7, 11) is -2.65. The van der Waals surface area contributed by atoms with Crippen molar-refractivity contribution in [3.63, 3.8) is 0 Å². The van der Waals surface area contributed by atoms with Gasteiger partial charge in [-0.2, -0.15) is 4.31 Å². The van der Waals surface area contributed by atoms with Crippen LogP contribution in [-0.2, 0) is 26.2 Å². The number of benzene rings is 2. The average molecular weight is 458 g/mol. The van der Waals surface area contributed by atoms with Crippen molar-refractivity contribution in [3.05, 3.63) is 76.8 Å². The average Bonchev–Trinajstić information content (AvgIpc) is 2.71. The molecule has 3 aromatic rings. The molecule has 0 aliphatic carbocycles. The lowest BCUT2D eigenvalue weighted by molar-refractivity contribution is -0.144. The van der Waals surface area contributed by atoms with E-state index in [0.29, 0.717) is 22.3 Å². The first kappa shape index (κ1) is 23.0. The Kier molecular flexibility index (Phi) is 6.66. The van der Waals surface area contributed by atoms with Crippen molar-refractivity contribution >= 4 is 32.6 Å². The number of phenols is 1. The van der Waals surface area contributed by atoms with E-state index in [-0.39, 0.29) is 22.8 Å². The number of fused-ring (bicyclic) bond motifs is 1. The van der Waals surface area contributed by atoms with Crippen LogP contribution in [0.5, 0.6) is 5.75 Å². The summed E-state index contributed by atoms with van der Waals surface area (Å²) < 4.78 is 36.5. The Labute approximate surface area is 184 Å². The van der Waals surface area contributed by atoms with E-state index in [9.17, 15) is 23.1 Å². The maximum atomic E-state index is 12.7. The highest BCUT2D eigenvalue weighted by Crippen LogP contribution is 2.22. The third-order valence-corrected chi connectivity index (χ3v) is 6.29. The van der Waals surface area contributed by atoms with Crippen molar-refractivity contribution < 1.29 is 27.5 Å². The molecule has 0 aliphatic heterocycles. The number of likely N-dealkylation sites (N-methyl/N-ethyl adjacent to an activating group) is 1. The van der Waals surface area contributed by atoms with Crippen LogP contribution in [0.1, 0.15) is 12.5 Å². The van der Waals surface area contributed by atoms with Crippen LogP contribution in [0, 0.1) is 0 Å². The summed E-state index contributed by atoms with van der Waals surface area (Å²) >= 11 is 0. The van der Waals surface area contributed by atoms with Crippen LogP contribution in [0.3, 0.4) is 0 Å². The fraction of sp³-hybridized carbons (Fsp3) is 0.182. The van der Waals surface area contributed by atoms with Gasteiger partial charge in [0.1, 0.15) is 24.5 Å². The maximum Gasteiger partial charge on any atom is 0.336 e. The number of phenolic OH excluding ortho intramolecular Hbond substituents is 1. The van der Waals surface area contributed by atoms with Gasteiger partial charge in [-0.05, 0) is 43.3 Å². The van der Waals surface area contributed by atoms with Gasteiger partial charge in [0.2, 0.25) is 10.0 Å². The normalized spacial score (nSPS) is 11.5. The Bertz CT molecular complexity index is 1330. The molecule has 3 rings (SSSR count). The molecule has 0 aliphatic rings. The molecule has 0 radical (unpaired) electrons. The Hall–Kier alpha value is -3.63. The van der Waals surface area contributed by atoms with Crippen molar-refractivity contribution in [2.24, 2.45) is 0 Å². The lowest BCUT2D eigenvalue weighted by Crippen LogP contribution is -2.33. The minimum Gasteiger partial charge on any atom is -0.508 e. The molecule has 0 bridgehead atoms. The van der Waals surface area contributed by atoms with Gasteiger partial charge in [-0.1, -0.05) is 6.58 Å². The van der Waals surface area contributed by atoms with Crippen LogP contribution in [-0.4, -0.2) is 37.4 Å². The molecule has 0 spiro atoms. The minimum absolute atomic E-state index is 0.0199. The van der Waals surface area contributed by atoms with E-state index in [4.69, 9.17) is 9.15 Å². The number of aromatic hydroxyl groups is 1. The number of allylic oxidation sites excluding steroid dienone is 1. The molecule has 2 aromatic carbocycles. The third-order valence-electron chi connectivity index (χ3n) is 4.47. The minimum atomic E-state index is -3.92. The number of hydrogen-bond acceptors (Lipinski definition) is 8. The van der Waals surface area contributed by atoms with E-state index < -0.39 is 28.2 Å².